The number of nitrogens with zero attached hydrogens (tertiary/aromatic N) is 4. The second kappa shape index (κ2) is 5.80. The highest BCUT2D eigenvalue weighted by molar-refractivity contribution is 7.15. The molecule has 0 aliphatic carbocycles. The molecule has 0 unspecified atom stereocenters. The van der Waals surface area contributed by atoms with E-state index in [2.05, 4.69) is 25.3 Å². The number of ether oxygens (including phenoxy) is 1. The Balaban J connectivity index is 2.40. The molecule has 0 radical (unpaired) electrons. The number of hydrogen-bond acceptors (Lipinski definition) is 7. The molecule has 0 spiro atoms. The van der Waals surface area contributed by atoms with Crippen molar-refractivity contribution in [3.05, 3.63) is 11.2 Å². The summed E-state index contributed by atoms with van der Waals surface area (Å²) in [4.78, 5) is 15.5. The van der Waals surface area contributed by atoms with Gasteiger partial charge in [-0.3, -0.25) is 0 Å². The summed E-state index contributed by atoms with van der Waals surface area (Å²) in [5, 5.41) is 1.76. The molecule has 0 fully saturated rings. The zero-order valence-corrected chi connectivity index (χ0v) is 12.2. The predicted molar refractivity (Wildman–Crippen MR) is 71.2 cm³/mol. The third-order valence-corrected chi connectivity index (χ3v) is 3.19. The molecule has 0 saturated heterocycles. The minimum atomic E-state index is -4.49. The molecular formula is C11H12F3N5OS. The number of halogens is 3. The summed E-state index contributed by atoms with van der Waals surface area (Å²) < 4.78 is 43.1. The monoisotopic (exact) mass is 319 g/mol. The van der Waals surface area contributed by atoms with Gasteiger partial charge in [-0.25, -0.2) is 4.98 Å². The van der Waals surface area contributed by atoms with Crippen LogP contribution >= 0.6 is 11.3 Å². The first-order valence-electron chi connectivity index (χ1n) is 5.93. The van der Waals surface area contributed by atoms with Crippen LogP contribution in [0.4, 0.5) is 19.1 Å². The van der Waals surface area contributed by atoms with Gasteiger partial charge in [-0.05, 0) is 13.8 Å². The molecule has 0 atom stereocenters. The number of alkyl halides is 3. The highest BCUT2D eigenvalue weighted by atomic mass is 32.1. The van der Waals surface area contributed by atoms with E-state index in [1.54, 1.807) is 20.9 Å². The standard InChI is InChI=1S/C11H12F3N5OS/c1-5(2)20-10-18-7(17-9(15-3)19-10)6-4-16-8(21-6)11(12,13)14/h4-5H,1-3H3,(H,15,17,18,19). The molecular weight excluding hydrogens is 307 g/mol. The fraction of sp³-hybridized carbons (Fsp3) is 0.455. The van der Waals surface area contributed by atoms with E-state index >= 15 is 0 Å². The molecule has 114 valence electrons. The SMILES string of the molecule is CNc1nc(OC(C)C)nc(-c2cnc(C(F)(F)F)s2)n1. The molecule has 2 heterocycles. The zero-order chi connectivity index (χ0) is 15.6. The van der Waals surface area contributed by atoms with Gasteiger partial charge >= 0.3 is 12.2 Å². The summed E-state index contributed by atoms with van der Waals surface area (Å²) in [6.07, 6.45) is -3.57. The summed E-state index contributed by atoms with van der Waals surface area (Å²) in [6, 6.07) is 0.0429. The van der Waals surface area contributed by atoms with E-state index in [9.17, 15) is 13.2 Å². The molecule has 2 rings (SSSR count). The number of hydrogen-bond donors (Lipinski definition) is 1. The van der Waals surface area contributed by atoms with Crippen LogP contribution in [0.2, 0.25) is 0 Å². The Morgan fingerprint density at radius 1 is 1.24 bits per heavy atom. The van der Waals surface area contributed by atoms with Gasteiger partial charge in [0.25, 0.3) is 0 Å². The van der Waals surface area contributed by atoms with E-state index < -0.39 is 11.2 Å². The largest absolute Gasteiger partial charge is 0.461 e. The van der Waals surface area contributed by atoms with Gasteiger partial charge in [-0.1, -0.05) is 0 Å². The topological polar surface area (TPSA) is 72.8 Å². The molecule has 6 nitrogen and oxygen atoms in total. The van der Waals surface area contributed by atoms with E-state index in [1.807, 2.05) is 0 Å². The molecule has 0 aromatic carbocycles. The average Bonchev–Trinajstić information content (AvgIpc) is 2.86. The van der Waals surface area contributed by atoms with Crippen LogP contribution in [-0.2, 0) is 6.18 Å². The summed E-state index contributed by atoms with van der Waals surface area (Å²) in [7, 11) is 1.59. The lowest BCUT2D eigenvalue weighted by molar-refractivity contribution is -0.137. The van der Waals surface area contributed by atoms with E-state index in [-0.39, 0.29) is 28.8 Å². The second-order valence-electron chi connectivity index (χ2n) is 4.21. The van der Waals surface area contributed by atoms with Gasteiger partial charge in [-0.15, -0.1) is 11.3 Å². The van der Waals surface area contributed by atoms with Crippen LogP contribution in [0.5, 0.6) is 6.01 Å². The van der Waals surface area contributed by atoms with Crippen molar-refractivity contribution < 1.29 is 17.9 Å². The van der Waals surface area contributed by atoms with Crippen LogP contribution in [0.1, 0.15) is 18.9 Å². The van der Waals surface area contributed by atoms with E-state index in [1.165, 1.54) is 0 Å². The van der Waals surface area contributed by atoms with Crippen LogP contribution in [0.15, 0.2) is 6.20 Å². The maximum absolute atomic E-state index is 12.6. The Labute approximate surface area is 122 Å². The van der Waals surface area contributed by atoms with Gasteiger partial charge in [0.1, 0.15) is 0 Å². The molecule has 0 bridgehead atoms. The molecule has 21 heavy (non-hydrogen) atoms. The van der Waals surface area contributed by atoms with Crippen molar-refractivity contribution in [1.29, 1.82) is 0 Å². The van der Waals surface area contributed by atoms with E-state index in [4.69, 9.17) is 4.74 Å². The third kappa shape index (κ3) is 3.78. The van der Waals surface area contributed by atoms with Crippen molar-refractivity contribution in [3.63, 3.8) is 0 Å². The third-order valence-electron chi connectivity index (χ3n) is 2.15. The van der Waals surface area contributed by atoms with Crippen LogP contribution in [0, 0.1) is 0 Å². The molecule has 0 aliphatic heterocycles. The number of anilines is 1. The molecule has 1 N–H and O–H groups in total. The Hall–Kier alpha value is -1.97. The highest BCUT2D eigenvalue weighted by Gasteiger charge is 2.35. The first-order valence-corrected chi connectivity index (χ1v) is 6.75. The number of thiazole rings is 1. The summed E-state index contributed by atoms with van der Waals surface area (Å²) in [6.45, 7) is 3.58. The van der Waals surface area contributed by atoms with Crippen LogP contribution in [0.3, 0.4) is 0 Å². The van der Waals surface area contributed by atoms with Crippen molar-refractivity contribution in [1.82, 2.24) is 19.9 Å². The molecule has 10 heteroatoms. The lowest BCUT2D eigenvalue weighted by Crippen LogP contribution is -2.11. The van der Waals surface area contributed by atoms with Crippen molar-refractivity contribution in [3.8, 4) is 16.7 Å². The van der Waals surface area contributed by atoms with Crippen molar-refractivity contribution in [2.24, 2.45) is 0 Å². The molecule has 2 aromatic rings. The van der Waals surface area contributed by atoms with Crippen molar-refractivity contribution >= 4 is 17.3 Å². The van der Waals surface area contributed by atoms with Crippen LogP contribution in [-0.4, -0.2) is 33.1 Å². The van der Waals surface area contributed by atoms with Gasteiger partial charge in [0, 0.05) is 13.2 Å². The quantitative estimate of drug-likeness (QED) is 0.934. The van der Waals surface area contributed by atoms with Crippen LogP contribution in [0.25, 0.3) is 10.7 Å². The Kier molecular flexibility index (Phi) is 4.26. The van der Waals surface area contributed by atoms with Gasteiger partial charge < -0.3 is 10.1 Å². The number of aromatic nitrogens is 4. The smallest absolute Gasteiger partial charge is 0.443 e. The van der Waals surface area contributed by atoms with E-state index in [0.29, 0.717) is 11.3 Å². The Bertz CT molecular complexity index is 629. The Morgan fingerprint density at radius 2 is 1.95 bits per heavy atom. The van der Waals surface area contributed by atoms with Gasteiger partial charge in [0.2, 0.25) is 5.95 Å². The molecule has 2 aromatic heterocycles. The van der Waals surface area contributed by atoms with Crippen LogP contribution < -0.4 is 10.1 Å². The fourth-order valence-corrected chi connectivity index (χ4v) is 2.07. The number of rotatable bonds is 4. The first kappa shape index (κ1) is 15.4. The van der Waals surface area contributed by atoms with Crippen molar-refractivity contribution in [2.45, 2.75) is 26.1 Å². The normalized spacial score (nSPS) is 11.8. The maximum atomic E-state index is 12.6. The van der Waals surface area contributed by atoms with Gasteiger partial charge in [-0.2, -0.15) is 28.1 Å². The molecule has 0 saturated carbocycles. The number of nitrogens with one attached hydrogen (secondary N) is 1. The lowest BCUT2D eigenvalue weighted by atomic mass is 10.5. The summed E-state index contributed by atoms with van der Waals surface area (Å²) in [5.74, 6) is 0.288. The molecule has 0 amide bonds. The van der Waals surface area contributed by atoms with Gasteiger partial charge in [0.15, 0.2) is 10.8 Å². The highest BCUT2D eigenvalue weighted by Crippen LogP contribution is 2.35. The lowest BCUT2D eigenvalue weighted by Gasteiger charge is -2.09. The first-order chi connectivity index (χ1) is 9.79. The minimum absolute atomic E-state index is 0.0429. The maximum Gasteiger partial charge on any atom is 0.443 e. The van der Waals surface area contributed by atoms with E-state index in [0.717, 1.165) is 6.20 Å². The summed E-state index contributed by atoms with van der Waals surface area (Å²) >= 11 is 0.467. The minimum Gasteiger partial charge on any atom is -0.461 e. The van der Waals surface area contributed by atoms with Crippen molar-refractivity contribution in [2.75, 3.05) is 12.4 Å². The fourth-order valence-electron chi connectivity index (χ4n) is 1.35. The Morgan fingerprint density at radius 3 is 2.48 bits per heavy atom. The second-order valence-corrected chi connectivity index (χ2v) is 5.24. The molecule has 0 aliphatic rings. The average molecular weight is 319 g/mol. The zero-order valence-electron chi connectivity index (χ0n) is 11.4. The van der Waals surface area contributed by atoms with Gasteiger partial charge in [0.05, 0.1) is 11.0 Å². The summed E-state index contributed by atoms with van der Waals surface area (Å²) in [5.41, 5.74) is 0. The predicted octanol–water partition coefficient (Wildman–Crippen LogP) is 2.84.